The molecule has 3 nitrogen and oxygen atoms in total. The van der Waals surface area contributed by atoms with Crippen LogP contribution in [0.2, 0.25) is 5.02 Å². The number of ether oxygens (including phenoxy) is 1. The van der Waals surface area contributed by atoms with Crippen LogP contribution in [0.3, 0.4) is 0 Å². The molecule has 2 aromatic carbocycles. The van der Waals surface area contributed by atoms with E-state index in [-0.39, 0.29) is 17.2 Å². The summed E-state index contributed by atoms with van der Waals surface area (Å²) in [4.78, 5) is 12.0. The van der Waals surface area contributed by atoms with E-state index in [2.05, 4.69) is 10.1 Å². The molecule has 0 fully saturated rings. The summed E-state index contributed by atoms with van der Waals surface area (Å²) in [6.07, 6.45) is 0. The average molecular weight is 312 g/mol. The normalized spacial score (nSPS) is 10.5. The van der Waals surface area contributed by atoms with E-state index in [0.29, 0.717) is 11.6 Å². The lowest BCUT2D eigenvalue weighted by atomic mass is 10.2. The largest absolute Gasteiger partial charge is 0.435 e. The minimum Gasteiger partial charge on any atom is -0.435 e. The summed E-state index contributed by atoms with van der Waals surface area (Å²) in [5.41, 5.74) is 1.09. The molecular formula is C15H12ClF2NO2. The minimum atomic E-state index is -2.92. The molecule has 0 spiro atoms. The highest BCUT2D eigenvalue weighted by Crippen LogP contribution is 2.16. The van der Waals surface area contributed by atoms with E-state index >= 15 is 0 Å². The zero-order valence-electron chi connectivity index (χ0n) is 10.9. The van der Waals surface area contributed by atoms with Crippen LogP contribution in [0.4, 0.5) is 8.78 Å². The van der Waals surface area contributed by atoms with E-state index < -0.39 is 6.61 Å². The molecule has 0 heterocycles. The van der Waals surface area contributed by atoms with E-state index in [4.69, 9.17) is 11.6 Å². The van der Waals surface area contributed by atoms with Gasteiger partial charge in [-0.2, -0.15) is 8.78 Å². The van der Waals surface area contributed by atoms with Crippen molar-refractivity contribution in [2.24, 2.45) is 0 Å². The van der Waals surface area contributed by atoms with Crippen LogP contribution in [0.15, 0.2) is 48.5 Å². The van der Waals surface area contributed by atoms with Gasteiger partial charge in [0.1, 0.15) is 5.75 Å². The maximum absolute atomic E-state index is 12.1. The highest BCUT2D eigenvalue weighted by molar-refractivity contribution is 6.30. The number of nitrogens with one attached hydrogen (secondary N) is 1. The summed E-state index contributed by atoms with van der Waals surface area (Å²) in [6, 6.07) is 12.7. The molecule has 0 aliphatic carbocycles. The van der Waals surface area contributed by atoms with Crippen LogP contribution in [0, 0.1) is 0 Å². The van der Waals surface area contributed by atoms with Gasteiger partial charge in [-0.25, -0.2) is 0 Å². The van der Waals surface area contributed by atoms with Gasteiger partial charge in [-0.3, -0.25) is 4.79 Å². The summed E-state index contributed by atoms with van der Waals surface area (Å²) >= 11 is 5.85. The Balaban J connectivity index is 2.00. The van der Waals surface area contributed by atoms with E-state index in [0.717, 1.165) is 5.56 Å². The Morgan fingerprint density at radius 3 is 2.67 bits per heavy atom. The summed E-state index contributed by atoms with van der Waals surface area (Å²) in [6.45, 7) is -2.63. The molecule has 0 aliphatic heterocycles. The standard InChI is InChI=1S/C15H12ClF2NO2/c16-12-5-1-3-10(7-12)9-19-14(20)11-4-2-6-13(8-11)21-15(17)18/h1-8,15H,9H2,(H,19,20). The van der Waals surface area contributed by atoms with Crippen molar-refractivity contribution in [3.05, 3.63) is 64.7 Å². The number of hydrogen-bond acceptors (Lipinski definition) is 2. The third-order valence-corrected chi connectivity index (χ3v) is 2.90. The van der Waals surface area contributed by atoms with E-state index in [9.17, 15) is 13.6 Å². The number of benzene rings is 2. The maximum Gasteiger partial charge on any atom is 0.387 e. The summed E-state index contributed by atoms with van der Waals surface area (Å²) in [5, 5.41) is 3.26. The Labute approximate surface area is 125 Å². The summed E-state index contributed by atoms with van der Waals surface area (Å²) < 4.78 is 28.5. The van der Waals surface area contributed by atoms with Gasteiger partial charge >= 0.3 is 6.61 Å². The van der Waals surface area contributed by atoms with Gasteiger partial charge in [0, 0.05) is 17.1 Å². The zero-order valence-corrected chi connectivity index (χ0v) is 11.6. The van der Waals surface area contributed by atoms with Crippen LogP contribution in [0.5, 0.6) is 5.75 Å². The second kappa shape index (κ2) is 7.04. The predicted molar refractivity (Wildman–Crippen MR) is 75.7 cm³/mol. The van der Waals surface area contributed by atoms with Crippen molar-refractivity contribution in [3.8, 4) is 5.75 Å². The molecule has 21 heavy (non-hydrogen) atoms. The van der Waals surface area contributed by atoms with Gasteiger partial charge in [-0.15, -0.1) is 0 Å². The number of alkyl halides is 2. The van der Waals surface area contributed by atoms with Crippen LogP contribution >= 0.6 is 11.6 Å². The highest BCUT2D eigenvalue weighted by Gasteiger charge is 2.09. The molecule has 0 aliphatic rings. The van der Waals surface area contributed by atoms with Crippen molar-refractivity contribution in [2.45, 2.75) is 13.2 Å². The Morgan fingerprint density at radius 2 is 1.95 bits per heavy atom. The number of rotatable bonds is 5. The third kappa shape index (κ3) is 4.72. The lowest BCUT2D eigenvalue weighted by Crippen LogP contribution is -2.22. The second-order valence-electron chi connectivity index (χ2n) is 4.22. The van der Waals surface area contributed by atoms with E-state index in [1.807, 2.05) is 6.07 Å². The molecule has 1 N–H and O–H groups in total. The molecule has 0 aromatic heterocycles. The quantitative estimate of drug-likeness (QED) is 0.910. The molecule has 6 heteroatoms. The van der Waals surface area contributed by atoms with Gasteiger partial charge in [0.25, 0.3) is 5.91 Å². The second-order valence-corrected chi connectivity index (χ2v) is 4.66. The molecule has 0 saturated carbocycles. The lowest BCUT2D eigenvalue weighted by molar-refractivity contribution is -0.0498. The topological polar surface area (TPSA) is 38.3 Å². The number of carbonyl (C=O) groups is 1. The molecule has 0 atom stereocenters. The van der Waals surface area contributed by atoms with Crippen LogP contribution in [0.25, 0.3) is 0 Å². The third-order valence-electron chi connectivity index (χ3n) is 2.66. The average Bonchev–Trinajstić information content (AvgIpc) is 2.44. The van der Waals surface area contributed by atoms with E-state index in [1.165, 1.54) is 24.3 Å². The van der Waals surface area contributed by atoms with Gasteiger partial charge in [0.2, 0.25) is 0 Å². The molecule has 0 bridgehead atoms. The maximum atomic E-state index is 12.1. The predicted octanol–water partition coefficient (Wildman–Crippen LogP) is 3.87. The number of halogens is 3. The Morgan fingerprint density at radius 1 is 1.19 bits per heavy atom. The first kappa shape index (κ1) is 15.3. The van der Waals surface area contributed by atoms with Crippen molar-refractivity contribution < 1.29 is 18.3 Å². The van der Waals surface area contributed by atoms with Crippen molar-refractivity contribution >= 4 is 17.5 Å². The molecule has 2 aromatic rings. The Kier molecular flexibility index (Phi) is 5.11. The fraction of sp³-hybridized carbons (Fsp3) is 0.133. The van der Waals surface area contributed by atoms with Gasteiger partial charge in [-0.05, 0) is 35.9 Å². The molecule has 2 rings (SSSR count). The van der Waals surface area contributed by atoms with Gasteiger partial charge in [-0.1, -0.05) is 29.8 Å². The van der Waals surface area contributed by atoms with Crippen molar-refractivity contribution in [1.82, 2.24) is 5.32 Å². The SMILES string of the molecule is O=C(NCc1cccc(Cl)c1)c1cccc(OC(F)F)c1. The Bertz CT molecular complexity index is 635. The minimum absolute atomic E-state index is 0.0552. The van der Waals surface area contributed by atoms with E-state index in [1.54, 1.807) is 18.2 Å². The number of carbonyl (C=O) groups excluding carboxylic acids is 1. The fourth-order valence-electron chi connectivity index (χ4n) is 1.74. The van der Waals surface area contributed by atoms with Gasteiger partial charge in [0.05, 0.1) is 0 Å². The monoisotopic (exact) mass is 311 g/mol. The molecule has 0 saturated heterocycles. The molecule has 0 unspecified atom stereocenters. The van der Waals surface area contributed by atoms with Crippen molar-refractivity contribution in [2.75, 3.05) is 0 Å². The van der Waals surface area contributed by atoms with Crippen LogP contribution in [0.1, 0.15) is 15.9 Å². The molecule has 0 radical (unpaired) electrons. The molecular weight excluding hydrogens is 300 g/mol. The lowest BCUT2D eigenvalue weighted by Gasteiger charge is -2.08. The van der Waals surface area contributed by atoms with Crippen LogP contribution in [-0.2, 0) is 6.54 Å². The number of amides is 1. The first-order valence-corrected chi connectivity index (χ1v) is 6.50. The van der Waals surface area contributed by atoms with Crippen molar-refractivity contribution in [1.29, 1.82) is 0 Å². The fourth-order valence-corrected chi connectivity index (χ4v) is 1.96. The highest BCUT2D eigenvalue weighted by atomic mass is 35.5. The molecule has 1 amide bonds. The number of hydrogen-bond donors (Lipinski definition) is 1. The summed E-state index contributed by atoms with van der Waals surface area (Å²) in [7, 11) is 0. The van der Waals surface area contributed by atoms with Crippen molar-refractivity contribution in [3.63, 3.8) is 0 Å². The summed E-state index contributed by atoms with van der Waals surface area (Å²) in [5.74, 6) is -0.435. The van der Waals surface area contributed by atoms with Gasteiger partial charge < -0.3 is 10.1 Å². The van der Waals surface area contributed by atoms with Crippen LogP contribution < -0.4 is 10.1 Å². The van der Waals surface area contributed by atoms with Crippen LogP contribution in [-0.4, -0.2) is 12.5 Å². The first-order chi connectivity index (χ1) is 10.0. The Hall–Kier alpha value is -2.14. The first-order valence-electron chi connectivity index (χ1n) is 6.12. The van der Waals surface area contributed by atoms with Gasteiger partial charge in [0.15, 0.2) is 0 Å². The molecule has 110 valence electrons. The smallest absolute Gasteiger partial charge is 0.387 e. The zero-order chi connectivity index (χ0) is 15.2.